The summed E-state index contributed by atoms with van der Waals surface area (Å²) in [6.45, 7) is 0. The van der Waals surface area contributed by atoms with E-state index in [9.17, 15) is 14.9 Å². The third kappa shape index (κ3) is 3.27. The summed E-state index contributed by atoms with van der Waals surface area (Å²) in [6, 6.07) is 9.96. The Morgan fingerprint density at radius 1 is 1.19 bits per heavy atom. The van der Waals surface area contributed by atoms with E-state index in [1.54, 1.807) is 6.07 Å². The maximum Gasteiger partial charge on any atom is 0.335 e. The van der Waals surface area contributed by atoms with Crippen LogP contribution < -0.4 is 9.47 Å². The van der Waals surface area contributed by atoms with Crippen molar-refractivity contribution in [2.45, 2.75) is 0 Å². The average molecular weight is 289 g/mol. The summed E-state index contributed by atoms with van der Waals surface area (Å²) in [4.78, 5) is 21.2. The zero-order chi connectivity index (χ0) is 15.4. The standard InChI is InChI=1S/C14H11NO6/c1-20-13-6-5-11(8-12(13)15(18)19)21-10-4-2-3-9(7-10)14(16)17/h2-8H,1H3,(H,16,17). The SMILES string of the molecule is COc1ccc(Oc2cccc(C(=O)O)c2)cc1[N+](=O)[O-]. The van der Waals surface area contributed by atoms with Crippen LogP contribution in [0.5, 0.6) is 17.2 Å². The van der Waals surface area contributed by atoms with Crippen LogP contribution in [0.2, 0.25) is 0 Å². The lowest BCUT2D eigenvalue weighted by atomic mass is 10.2. The molecule has 0 spiro atoms. The Morgan fingerprint density at radius 2 is 1.90 bits per heavy atom. The molecular weight excluding hydrogens is 278 g/mol. The number of nitro groups is 1. The zero-order valence-electron chi connectivity index (χ0n) is 11.0. The summed E-state index contributed by atoms with van der Waals surface area (Å²) in [5.41, 5.74) is -0.167. The largest absolute Gasteiger partial charge is 0.490 e. The average Bonchev–Trinajstić information content (AvgIpc) is 2.47. The van der Waals surface area contributed by atoms with Crippen LogP contribution in [-0.2, 0) is 0 Å². The van der Waals surface area contributed by atoms with Gasteiger partial charge < -0.3 is 14.6 Å². The normalized spacial score (nSPS) is 9.95. The van der Waals surface area contributed by atoms with Gasteiger partial charge in [-0.25, -0.2) is 4.79 Å². The second-order valence-electron chi connectivity index (χ2n) is 4.03. The first-order valence-corrected chi connectivity index (χ1v) is 5.85. The Balaban J connectivity index is 2.31. The van der Waals surface area contributed by atoms with Gasteiger partial charge in [0.15, 0.2) is 5.75 Å². The molecule has 1 N–H and O–H groups in total. The molecule has 0 atom stereocenters. The van der Waals surface area contributed by atoms with E-state index in [2.05, 4.69) is 0 Å². The lowest BCUT2D eigenvalue weighted by Crippen LogP contribution is -1.97. The van der Waals surface area contributed by atoms with E-state index >= 15 is 0 Å². The lowest BCUT2D eigenvalue weighted by Gasteiger charge is -2.08. The number of rotatable bonds is 5. The molecule has 0 fully saturated rings. The monoisotopic (exact) mass is 289 g/mol. The van der Waals surface area contributed by atoms with Crippen molar-refractivity contribution in [3.63, 3.8) is 0 Å². The zero-order valence-corrected chi connectivity index (χ0v) is 11.0. The van der Waals surface area contributed by atoms with Crippen molar-refractivity contribution >= 4 is 11.7 Å². The number of benzene rings is 2. The van der Waals surface area contributed by atoms with Crippen molar-refractivity contribution in [2.24, 2.45) is 0 Å². The van der Waals surface area contributed by atoms with Gasteiger partial charge in [-0.15, -0.1) is 0 Å². The van der Waals surface area contributed by atoms with Crippen LogP contribution in [0.1, 0.15) is 10.4 Å². The number of ether oxygens (including phenoxy) is 2. The van der Waals surface area contributed by atoms with E-state index < -0.39 is 10.9 Å². The topological polar surface area (TPSA) is 98.9 Å². The summed E-state index contributed by atoms with van der Waals surface area (Å²) in [5.74, 6) is -0.479. The van der Waals surface area contributed by atoms with Gasteiger partial charge in [-0.3, -0.25) is 10.1 Å². The van der Waals surface area contributed by atoms with Crippen molar-refractivity contribution in [2.75, 3.05) is 7.11 Å². The summed E-state index contributed by atoms with van der Waals surface area (Å²) >= 11 is 0. The van der Waals surface area contributed by atoms with E-state index in [0.717, 1.165) is 0 Å². The number of hydrogen-bond donors (Lipinski definition) is 1. The summed E-state index contributed by atoms with van der Waals surface area (Å²) in [7, 11) is 1.33. The first kappa shape index (κ1) is 14.3. The molecule has 108 valence electrons. The van der Waals surface area contributed by atoms with Crippen molar-refractivity contribution in [3.8, 4) is 17.2 Å². The highest BCUT2D eigenvalue weighted by Gasteiger charge is 2.16. The smallest absolute Gasteiger partial charge is 0.335 e. The number of nitro benzene ring substituents is 1. The van der Waals surface area contributed by atoms with Crippen LogP contribution in [0.4, 0.5) is 5.69 Å². The molecule has 0 heterocycles. The third-order valence-corrected chi connectivity index (χ3v) is 2.66. The van der Waals surface area contributed by atoms with Crippen LogP contribution in [0.3, 0.4) is 0 Å². The fraction of sp³-hybridized carbons (Fsp3) is 0.0714. The van der Waals surface area contributed by atoms with Crippen LogP contribution in [0.15, 0.2) is 42.5 Å². The van der Waals surface area contributed by atoms with E-state index in [0.29, 0.717) is 0 Å². The van der Waals surface area contributed by atoms with Gasteiger partial charge in [0.1, 0.15) is 11.5 Å². The molecule has 0 aromatic heterocycles. The maximum atomic E-state index is 10.9. The van der Waals surface area contributed by atoms with Gasteiger partial charge >= 0.3 is 11.7 Å². The highest BCUT2D eigenvalue weighted by molar-refractivity contribution is 5.88. The molecule has 7 nitrogen and oxygen atoms in total. The van der Waals surface area contributed by atoms with Crippen molar-refractivity contribution < 1.29 is 24.3 Å². The van der Waals surface area contributed by atoms with Gasteiger partial charge in [-0.05, 0) is 30.3 Å². The molecule has 2 aromatic carbocycles. The number of hydrogen-bond acceptors (Lipinski definition) is 5. The van der Waals surface area contributed by atoms with Crippen LogP contribution in [0, 0.1) is 10.1 Å². The minimum atomic E-state index is -1.08. The van der Waals surface area contributed by atoms with E-state index in [1.807, 2.05) is 0 Å². The molecule has 0 saturated heterocycles. The second-order valence-corrected chi connectivity index (χ2v) is 4.03. The van der Waals surface area contributed by atoms with E-state index in [4.69, 9.17) is 14.6 Å². The van der Waals surface area contributed by atoms with Gasteiger partial charge in [0.25, 0.3) is 0 Å². The Labute approximate surface area is 119 Å². The number of methoxy groups -OCH3 is 1. The van der Waals surface area contributed by atoms with Gasteiger partial charge in [0.2, 0.25) is 0 Å². The number of carboxylic acid groups (broad SMARTS) is 1. The van der Waals surface area contributed by atoms with Crippen molar-refractivity contribution in [3.05, 3.63) is 58.1 Å². The quantitative estimate of drug-likeness (QED) is 0.670. The molecule has 0 amide bonds. The Bertz CT molecular complexity index is 698. The Kier molecular flexibility index (Phi) is 4.03. The minimum Gasteiger partial charge on any atom is -0.490 e. The third-order valence-electron chi connectivity index (χ3n) is 2.66. The highest BCUT2D eigenvalue weighted by Crippen LogP contribution is 2.33. The van der Waals surface area contributed by atoms with Gasteiger partial charge in [0, 0.05) is 0 Å². The minimum absolute atomic E-state index is 0.0653. The predicted octanol–water partition coefficient (Wildman–Crippen LogP) is 3.09. The predicted molar refractivity (Wildman–Crippen MR) is 73.1 cm³/mol. The number of carboxylic acids is 1. The molecule has 0 bridgehead atoms. The molecule has 21 heavy (non-hydrogen) atoms. The summed E-state index contributed by atoms with van der Waals surface area (Å²) < 4.78 is 10.3. The van der Waals surface area contributed by atoms with Gasteiger partial charge in [-0.1, -0.05) is 6.07 Å². The van der Waals surface area contributed by atoms with Crippen LogP contribution >= 0.6 is 0 Å². The molecule has 0 saturated carbocycles. The lowest BCUT2D eigenvalue weighted by molar-refractivity contribution is -0.385. The second kappa shape index (κ2) is 5.91. The van der Waals surface area contributed by atoms with Gasteiger partial charge in [0.05, 0.1) is 23.7 Å². The Hall–Kier alpha value is -3.09. The molecule has 0 radical (unpaired) electrons. The Morgan fingerprint density at radius 3 is 2.52 bits per heavy atom. The number of aromatic carboxylic acids is 1. The summed E-state index contributed by atoms with van der Waals surface area (Å²) in [6.07, 6.45) is 0. The molecule has 7 heteroatoms. The molecular formula is C14H11NO6. The molecule has 2 rings (SSSR count). The number of carbonyl (C=O) groups is 1. The highest BCUT2D eigenvalue weighted by atomic mass is 16.6. The van der Waals surface area contributed by atoms with Crippen LogP contribution in [0.25, 0.3) is 0 Å². The van der Waals surface area contributed by atoms with Crippen molar-refractivity contribution in [1.29, 1.82) is 0 Å². The number of nitrogens with zero attached hydrogens (tertiary/aromatic N) is 1. The summed E-state index contributed by atoms with van der Waals surface area (Å²) in [5, 5.41) is 19.8. The first-order valence-electron chi connectivity index (χ1n) is 5.85. The molecule has 0 unspecified atom stereocenters. The van der Waals surface area contributed by atoms with Gasteiger partial charge in [-0.2, -0.15) is 0 Å². The molecule has 0 aliphatic heterocycles. The van der Waals surface area contributed by atoms with E-state index in [-0.39, 0.29) is 28.5 Å². The fourth-order valence-corrected chi connectivity index (χ4v) is 1.70. The van der Waals surface area contributed by atoms with E-state index in [1.165, 1.54) is 43.5 Å². The van der Waals surface area contributed by atoms with Crippen LogP contribution in [-0.4, -0.2) is 23.1 Å². The molecule has 0 aliphatic carbocycles. The first-order chi connectivity index (χ1) is 10.0. The fourth-order valence-electron chi connectivity index (χ4n) is 1.70. The molecule has 2 aromatic rings. The molecule has 0 aliphatic rings. The maximum absolute atomic E-state index is 10.9. The van der Waals surface area contributed by atoms with Crippen molar-refractivity contribution in [1.82, 2.24) is 0 Å².